The number of thiazole rings is 1. The molecule has 2 saturated heterocycles. The molecule has 48 heavy (non-hydrogen) atoms. The largest absolute Gasteiger partial charge is 0.339 e. The Morgan fingerprint density at radius 2 is 1.65 bits per heavy atom. The maximum absolute atomic E-state index is 14.4. The summed E-state index contributed by atoms with van der Waals surface area (Å²) in [5.74, 6) is -0.971. The van der Waals surface area contributed by atoms with E-state index >= 15 is 0 Å². The van der Waals surface area contributed by atoms with Crippen molar-refractivity contribution in [2.75, 3.05) is 18.8 Å². The van der Waals surface area contributed by atoms with Crippen molar-refractivity contribution in [1.29, 1.82) is 0 Å². The van der Waals surface area contributed by atoms with Crippen LogP contribution in [0.3, 0.4) is 0 Å². The van der Waals surface area contributed by atoms with Crippen LogP contribution in [0.1, 0.15) is 86.1 Å². The number of aryl methyl sites for hydroxylation is 2. The monoisotopic (exact) mass is 684 g/mol. The molecule has 11 heteroatoms. The van der Waals surface area contributed by atoms with E-state index in [1.807, 2.05) is 73.3 Å². The summed E-state index contributed by atoms with van der Waals surface area (Å²) in [5, 5.41) is 4.74. The molecule has 2 aliphatic rings. The van der Waals surface area contributed by atoms with Crippen LogP contribution in [0.2, 0.25) is 0 Å². The van der Waals surface area contributed by atoms with Crippen molar-refractivity contribution in [2.45, 2.75) is 63.5 Å². The molecule has 0 aliphatic carbocycles. The number of halogens is 1. The molecule has 3 amide bonds. The van der Waals surface area contributed by atoms with Gasteiger partial charge in [-0.3, -0.25) is 14.4 Å². The van der Waals surface area contributed by atoms with Crippen LogP contribution < -0.4 is 0 Å². The molecule has 1 aromatic heterocycles. The number of rotatable bonds is 7. The highest BCUT2D eigenvalue weighted by Gasteiger charge is 2.44. The molecule has 0 saturated carbocycles. The lowest BCUT2D eigenvalue weighted by molar-refractivity contribution is -0.121. The summed E-state index contributed by atoms with van der Waals surface area (Å²) in [6.07, 6.45) is 1.38. The van der Waals surface area contributed by atoms with Gasteiger partial charge in [0.25, 0.3) is 11.8 Å². The number of amides is 3. The van der Waals surface area contributed by atoms with Crippen LogP contribution in [0.15, 0.2) is 77.3 Å². The molecule has 4 aromatic rings. The van der Waals surface area contributed by atoms with Crippen LogP contribution in [0.5, 0.6) is 0 Å². The van der Waals surface area contributed by atoms with Gasteiger partial charge in [-0.05, 0) is 80.0 Å². The second-order valence-corrected chi connectivity index (χ2v) is 14.9. The summed E-state index contributed by atoms with van der Waals surface area (Å²) >= 11 is 2.84. The van der Waals surface area contributed by atoms with Crippen molar-refractivity contribution < 1.29 is 18.8 Å². The van der Waals surface area contributed by atoms with Crippen LogP contribution in [-0.4, -0.2) is 57.4 Å². The maximum atomic E-state index is 14.4. The van der Waals surface area contributed by atoms with Crippen molar-refractivity contribution in [3.05, 3.63) is 116 Å². The summed E-state index contributed by atoms with van der Waals surface area (Å²) in [6.45, 7) is 8.13. The highest BCUT2D eigenvalue weighted by Crippen LogP contribution is 2.43. The Labute approximate surface area is 287 Å². The predicted molar refractivity (Wildman–Crippen MR) is 188 cm³/mol. The summed E-state index contributed by atoms with van der Waals surface area (Å²) < 4.78 is 14.4. The third-order valence-electron chi connectivity index (χ3n) is 9.34. The van der Waals surface area contributed by atoms with Crippen molar-refractivity contribution >= 4 is 40.8 Å². The molecule has 2 unspecified atom stereocenters. The average molecular weight is 685 g/mol. The van der Waals surface area contributed by atoms with Gasteiger partial charge in [0.1, 0.15) is 22.8 Å². The maximum Gasteiger partial charge on any atom is 0.309 e. The zero-order valence-electron chi connectivity index (χ0n) is 27.3. The first-order valence-electron chi connectivity index (χ1n) is 16.0. The molecule has 3 heterocycles. The van der Waals surface area contributed by atoms with Gasteiger partial charge >= 0.3 is 5.91 Å². The van der Waals surface area contributed by atoms with Crippen molar-refractivity contribution in [1.82, 2.24) is 14.8 Å². The van der Waals surface area contributed by atoms with Crippen LogP contribution >= 0.6 is 23.1 Å². The zero-order valence-corrected chi connectivity index (χ0v) is 28.9. The van der Waals surface area contributed by atoms with E-state index < -0.39 is 28.9 Å². The Kier molecular flexibility index (Phi) is 9.62. The molecule has 8 nitrogen and oxygen atoms in total. The third-order valence-corrected chi connectivity index (χ3v) is 11.7. The Morgan fingerprint density at radius 1 is 0.938 bits per heavy atom. The molecule has 0 N–H and O–H groups in total. The van der Waals surface area contributed by atoms with E-state index in [0.717, 1.165) is 32.8 Å². The third kappa shape index (κ3) is 6.71. The van der Waals surface area contributed by atoms with Gasteiger partial charge in [0.15, 0.2) is 0 Å². The van der Waals surface area contributed by atoms with E-state index in [1.54, 1.807) is 17.5 Å². The van der Waals surface area contributed by atoms with Gasteiger partial charge in [0.2, 0.25) is 0 Å². The number of alkyl halides is 1. The van der Waals surface area contributed by atoms with E-state index in [1.165, 1.54) is 41.8 Å². The normalized spacial score (nSPS) is 18.6. The highest BCUT2D eigenvalue weighted by molar-refractivity contribution is 7.99. The Balaban J connectivity index is 1.15. The second-order valence-electron chi connectivity index (χ2n) is 12.9. The van der Waals surface area contributed by atoms with Crippen LogP contribution in [-0.2, 0) is 10.5 Å². The van der Waals surface area contributed by atoms with Crippen molar-refractivity contribution in [2.24, 2.45) is 5.18 Å². The Bertz CT molecular complexity index is 1860. The number of hydrogen-bond donors (Lipinski definition) is 0. The van der Waals surface area contributed by atoms with E-state index in [2.05, 4.69) is 5.18 Å². The Hall–Kier alpha value is -4.22. The molecule has 2 fully saturated rings. The number of hydrogen-bond acceptors (Lipinski definition) is 7. The van der Waals surface area contributed by atoms with Gasteiger partial charge in [-0.1, -0.05) is 60.7 Å². The number of carbonyl (C=O) groups is 3. The standard InChI is InChI=1S/C37H37FN4O4S2/c1-22-9-10-26(19-23(22)2)36-42(31(21-48-36)32(43)40-46)35(45)30-20-47-33(39-30)25-15-17-41(18-16-25)34(44)29-8-6-5-7-28(29)24-11-13-27(14-12-24)37(3,4)38/h5-14,19-20,25,31,36H,15-18,21H2,1-4H3. The SMILES string of the molecule is Cc1ccc(C2SCC(C(=O)N=O)N2C(=O)c2csc(C3CCN(C(=O)c4ccccc4-c4ccc(C(C)(C)F)cc4)CC3)n2)cc1C. The minimum absolute atomic E-state index is 0.0580. The van der Waals surface area contributed by atoms with Crippen LogP contribution in [0.4, 0.5) is 4.39 Å². The van der Waals surface area contributed by atoms with Gasteiger partial charge in [-0.2, -0.15) is 0 Å². The minimum atomic E-state index is -1.45. The number of carbonyl (C=O) groups excluding carboxylic acids is 3. The topological polar surface area (TPSA) is 100 Å². The molecule has 3 aromatic carbocycles. The predicted octanol–water partition coefficient (Wildman–Crippen LogP) is 8.20. The lowest BCUT2D eigenvalue weighted by Gasteiger charge is -2.31. The molecule has 6 rings (SSSR count). The number of thioether (sulfide) groups is 1. The first-order valence-corrected chi connectivity index (χ1v) is 17.9. The fourth-order valence-corrected chi connectivity index (χ4v) is 8.73. The lowest BCUT2D eigenvalue weighted by atomic mass is 9.93. The van der Waals surface area contributed by atoms with E-state index in [0.29, 0.717) is 37.1 Å². The first-order chi connectivity index (χ1) is 23.0. The van der Waals surface area contributed by atoms with Crippen molar-refractivity contribution in [3.63, 3.8) is 0 Å². The van der Waals surface area contributed by atoms with Gasteiger partial charge in [-0.25, -0.2) is 9.37 Å². The molecule has 0 radical (unpaired) electrons. The summed E-state index contributed by atoms with van der Waals surface area (Å²) in [6, 6.07) is 19.7. The molecular formula is C37H37FN4O4S2. The fraction of sp³-hybridized carbons (Fsp3) is 0.351. The van der Waals surface area contributed by atoms with Gasteiger partial charge in [0, 0.05) is 40.9 Å². The Morgan fingerprint density at radius 3 is 2.31 bits per heavy atom. The van der Waals surface area contributed by atoms with Crippen molar-refractivity contribution in [3.8, 4) is 11.1 Å². The van der Waals surface area contributed by atoms with Gasteiger partial charge in [-0.15, -0.1) is 28.0 Å². The second kappa shape index (κ2) is 13.7. The first kappa shape index (κ1) is 33.7. The van der Waals surface area contributed by atoms with Gasteiger partial charge in [0.05, 0.1) is 5.01 Å². The zero-order chi connectivity index (χ0) is 34.2. The number of nitroso groups, excluding NO2 is 1. The molecule has 2 atom stereocenters. The summed E-state index contributed by atoms with van der Waals surface area (Å²) in [7, 11) is 0. The average Bonchev–Trinajstić information content (AvgIpc) is 3.77. The number of benzene rings is 3. The van der Waals surface area contributed by atoms with Crippen LogP contribution in [0.25, 0.3) is 11.1 Å². The summed E-state index contributed by atoms with van der Waals surface area (Å²) in [4.78, 5) is 59.5. The fourth-order valence-electron chi connectivity index (χ4n) is 6.35. The molecule has 0 spiro atoms. The number of aromatic nitrogens is 1. The number of likely N-dealkylation sites (tertiary alicyclic amines) is 1. The number of piperidine rings is 1. The summed E-state index contributed by atoms with van der Waals surface area (Å²) in [5.41, 5.74) is 4.70. The smallest absolute Gasteiger partial charge is 0.309 e. The molecule has 0 bridgehead atoms. The highest BCUT2D eigenvalue weighted by atomic mass is 32.2. The minimum Gasteiger partial charge on any atom is -0.339 e. The lowest BCUT2D eigenvalue weighted by Crippen LogP contribution is -2.42. The van der Waals surface area contributed by atoms with E-state index in [9.17, 15) is 23.7 Å². The quantitative estimate of drug-likeness (QED) is 0.182. The van der Waals surface area contributed by atoms with E-state index in [4.69, 9.17) is 4.98 Å². The molecule has 248 valence electrons. The van der Waals surface area contributed by atoms with Gasteiger partial charge < -0.3 is 9.80 Å². The van der Waals surface area contributed by atoms with Crippen LogP contribution in [0, 0.1) is 18.8 Å². The molecular weight excluding hydrogens is 648 g/mol. The van der Waals surface area contributed by atoms with E-state index in [-0.39, 0.29) is 23.3 Å². The number of nitrogens with zero attached hydrogens (tertiary/aromatic N) is 4. The molecule has 2 aliphatic heterocycles.